The van der Waals surface area contributed by atoms with E-state index in [2.05, 4.69) is 4.90 Å². The van der Waals surface area contributed by atoms with E-state index in [-0.39, 0.29) is 6.10 Å². The molecule has 1 aliphatic rings. The van der Waals surface area contributed by atoms with Gasteiger partial charge in [-0.05, 0) is 37.3 Å². The lowest BCUT2D eigenvalue weighted by atomic mass is 10.1. The zero-order valence-corrected chi connectivity index (χ0v) is 10.8. The van der Waals surface area contributed by atoms with Crippen LogP contribution < -0.4 is 0 Å². The molecular weight excluding hydrogens is 226 g/mol. The Balaban J connectivity index is 1.72. The third-order valence-electron chi connectivity index (χ3n) is 3.81. The summed E-state index contributed by atoms with van der Waals surface area (Å²) in [5.41, 5.74) is 1.00. The van der Waals surface area contributed by atoms with E-state index in [4.69, 9.17) is 5.11 Å². The molecule has 0 amide bonds. The third-order valence-corrected chi connectivity index (χ3v) is 3.81. The molecule has 2 unspecified atom stereocenters. The quantitative estimate of drug-likeness (QED) is 0.808. The Morgan fingerprint density at radius 2 is 2.06 bits per heavy atom. The molecule has 1 aromatic rings. The Bertz CT molecular complexity index is 342. The van der Waals surface area contributed by atoms with E-state index in [1.807, 2.05) is 30.3 Å². The van der Waals surface area contributed by atoms with Crippen LogP contribution in [-0.2, 0) is 0 Å². The third kappa shape index (κ3) is 3.80. The van der Waals surface area contributed by atoms with Gasteiger partial charge in [0.05, 0.1) is 6.10 Å². The average Bonchev–Trinajstić information content (AvgIpc) is 2.85. The largest absolute Gasteiger partial charge is 0.396 e. The molecule has 0 bridgehead atoms. The van der Waals surface area contributed by atoms with E-state index in [0.717, 1.165) is 38.0 Å². The number of hydrogen-bond acceptors (Lipinski definition) is 3. The highest BCUT2D eigenvalue weighted by atomic mass is 16.3. The highest BCUT2D eigenvalue weighted by molar-refractivity contribution is 5.17. The SMILES string of the molecule is OCCC1CCN(CCC(O)c2ccccc2)C1. The summed E-state index contributed by atoms with van der Waals surface area (Å²) >= 11 is 0. The summed E-state index contributed by atoms with van der Waals surface area (Å²) in [4.78, 5) is 2.40. The van der Waals surface area contributed by atoms with Crippen molar-refractivity contribution in [1.29, 1.82) is 0 Å². The van der Waals surface area contributed by atoms with Crippen LogP contribution in [0.4, 0.5) is 0 Å². The molecule has 1 saturated heterocycles. The Labute approximate surface area is 109 Å². The Morgan fingerprint density at radius 1 is 1.28 bits per heavy atom. The van der Waals surface area contributed by atoms with E-state index < -0.39 is 0 Å². The molecule has 2 atom stereocenters. The predicted octanol–water partition coefficient (Wildman–Crippen LogP) is 1.81. The number of benzene rings is 1. The van der Waals surface area contributed by atoms with Gasteiger partial charge in [0.25, 0.3) is 0 Å². The molecule has 0 spiro atoms. The fourth-order valence-corrected chi connectivity index (χ4v) is 2.68. The Kier molecular flexibility index (Phi) is 5.17. The first-order chi connectivity index (χ1) is 8.79. The first kappa shape index (κ1) is 13.5. The van der Waals surface area contributed by atoms with Crippen LogP contribution in [-0.4, -0.2) is 41.4 Å². The van der Waals surface area contributed by atoms with Crippen molar-refractivity contribution in [3.8, 4) is 0 Å². The molecule has 0 aliphatic carbocycles. The number of hydrogen-bond donors (Lipinski definition) is 2. The van der Waals surface area contributed by atoms with Crippen molar-refractivity contribution in [3.63, 3.8) is 0 Å². The standard InChI is InChI=1S/C15H23NO2/c17-11-8-13-6-9-16(12-13)10-7-15(18)14-4-2-1-3-5-14/h1-5,13,15,17-18H,6-12H2. The van der Waals surface area contributed by atoms with Crippen molar-refractivity contribution < 1.29 is 10.2 Å². The van der Waals surface area contributed by atoms with Gasteiger partial charge in [-0.15, -0.1) is 0 Å². The molecule has 0 aromatic heterocycles. The maximum absolute atomic E-state index is 10.1. The van der Waals surface area contributed by atoms with Crippen LogP contribution in [0.1, 0.15) is 30.9 Å². The highest BCUT2D eigenvalue weighted by Crippen LogP contribution is 2.22. The van der Waals surface area contributed by atoms with Crippen molar-refractivity contribution in [2.24, 2.45) is 5.92 Å². The first-order valence-corrected chi connectivity index (χ1v) is 6.86. The van der Waals surface area contributed by atoms with Crippen molar-refractivity contribution in [2.75, 3.05) is 26.2 Å². The summed E-state index contributed by atoms with van der Waals surface area (Å²) in [5.74, 6) is 0.642. The lowest BCUT2D eigenvalue weighted by Crippen LogP contribution is -2.23. The number of rotatable bonds is 6. The zero-order valence-electron chi connectivity index (χ0n) is 10.8. The van der Waals surface area contributed by atoms with Gasteiger partial charge in [-0.3, -0.25) is 0 Å². The molecule has 3 nitrogen and oxygen atoms in total. The maximum atomic E-state index is 10.1. The van der Waals surface area contributed by atoms with Gasteiger partial charge in [0.15, 0.2) is 0 Å². The van der Waals surface area contributed by atoms with E-state index in [9.17, 15) is 5.11 Å². The first-order valence-electron chi connectivity index (χ1n) is 6.86. The van der Waals surface area contributed by atoms with Crippen molar-refractivity contribution in [1.82, 2.24) is 4.90 Å². The second kappa shape index (κ2) is 6.88. The molecule has 2 N–H and O–H groups in total. The molecule has 1 aliphatic heterocycles. The minimum atomic E-state index is -0.358. The van der Waals surface area contributed by atoms with Gasteiger partial charge >= 0.3 is 0 Å². The van der Waals surface area contributed by atoms with Crippen LogP contribution in [0.3, 0.4) is 0 Å². The van der Waals surface area contributed by atoms with Crippen molar-refractivity contribution >= 4 is 0 Å². The van der Waals surface area contributed by atoms with Crippen LogP contribution in [0.5, 0.6) is 0 Å². The fraction of sp³-hybridized carbons (Fsp3) is 0.600. The van der Waals surface area contributed by atoms with E-state index in [1.165, 1.54) is 6.42 Å². The number of likely N-dealkylation sites (tertiary alicyclic amines) is 1. The lowest BCUT2D eigenvalue weighted by Gasteiger charge is -2.18. The van der Waals surface area contributed by atoms with E-state index in [0.29, 0.717) is 12.5 Å². The molecule has 0 saturated carbocycles. The van der Waals surface area contributed by atoms with Gasteiger partial charge in [0.1, 0.15) is 0 Å². The summed E-state index contributed by atoms with van der Waals surface area (Å²) in [5, 5.41) is 19.0. The van der Waals surface area contributed by atoms with E-state index >= 15 is 0 Å². The maximum Gasteiger partial charge on any atom is 0.0802 e. The summed E-state index contributed by atoms with van der Waals surface area (Å²) in [6.45, 7) is 3.41. The molecule has 3 heteroatoms. The molecule has 1 aromatic carbocycles. The van der Waals surface area contributed by atoms with Crippen LogP contribution in [0, 0.1) is 5.92 Å². The molecular formula is C15H23NO2. The minimum absolute atomic E-state index is 0.297. The molecule has 100 valence electrons. The Hall–Kier alpha value is -0.900. The summed E-state index contributed by atoms with van der Waals surface area (Å²) in [6.07, 6.45) is 2.53. The summed E-state index contributed by atoms with van der Waals surface area (Å²) < 4.78 is 0. The summed E-state index contributed by atoms with van der Waals surface area (Å²) in [6, 6.07) is 9.85. The number of aliphatic hydroxyl groups is 2. The van der Waals surface area contributed by atoms with Crippen molar-refractivity contribution in [3.05, 3.63) is 35.9 Å². The second-order valence-corrected chi connectivity index (χ2v) is 5.18. The van der Waals surface area contributed by atoms with Gasteiger partial charge in [0.2, 0.25) is 0 Å². The normalized spacial score (nSPS) is 22.2. The Morgan fingerprint density at radius 3 is 2.78 bits per heavy atom. The molecule has 2 rings (SSSR count). The lowest BCUT2D eigenvalue weighted by molar-refractivity contribution is 0.147. The van der Waals surface area contributed by atoms with Crippen LogP contribution in [0.2, 0.25) is 0 Å². The van der Waals surface area contributed by atoms with Gasteiger partial charge in [0, 0.05) is 19.7 Å². The van der Waals surface area contributed by atoms with Gasteiger partial charge in [-0.2, -0.15) is 0 Å². The molecule has 1 heterocycles. The van der Waals surface area contributed by atoms with Crippen molar-refractivity contribution in [2.45, 2.75) is 25.4 Å². The second-order valence-electron chi connectivity index (χ2n) is 5.18. The monoisotopic (exact) mass is 249 g/mol. The van der Waals surface area contributed by atoms with Gasteiger partial charge in [-0.1, -0.05) is 30.3 Å². The van der Waals surface area contributed by atoms with E-state index in [1.54, 1.807) is 0 Å². The average molecular weight is 249 g/mol. The topological polar surface area (TPSA) is 43.7 Å². The fourth-order valence-electron chi connectivity index (χ4n) is 2.68. The highest BCUT2D eigenvalue weighted by Gasteiger charge is 2.22. The van der Waals surface area contributed by atoms with Gasteiger partial charge in [-0.25, -0.2) is 0 Å². The number of aliphatic hydroxyl groups excluding tert-OH is 2. The molecule has 1 fully saturated rings. The smallest absolute Gasteiger partial charge is 0.0802 e. The number of nitrogens with zero attached hydrogens (tertiary/aromatic N) is 1. The summed E-state index contributed by atoms with van der Waals surface area (Å²) in [7, 11) is 0. The minimum Gasteiger partial charge on any atom is -0.396 e. The van der Waals surface area contributed by atoms with Crippen LogP contribution in [0.15, 0.2) is 30.3 Å². The van der Waals surface area contributed by atoms with Crippen LogP contribution in [0.25, 0.3) is 0 Å². The van der Waals surface area contributed by atoms with Gasteiger partial charge < -0.3 is 15.1 Å². The predicted molar refractivity (Wildman–Crippen MR) is 72.3 cm³/mol. The van der Waals surface area contributed by atoms with Crippen LogP contribution >= 0.6 is 0 Å². The molecule has 0 radical (unpaired) electrons. The molecule has 18 heavy (non-hydrogen) atoms. The zero-order chi connectivity index (χ0) is 12.8.